The summed E-state index contributed by atoms with van der Waals surface area (Å²) in [5.41, 5.74) is 0. The molecule has 9 heteroatoms. The monoisotopic (exact) mass is 341 g/mol. The third-order valence-electron chi connectivity index (χ3n) is 3.71. The number of amides is 1. The molecule has 0 bridgehead atoms. The zero-order valence-electron chi connectivity index (χ0n) is 13.5. The standard InChI is InChI=1S/C14H23N5O3S/c1-17(2)23(21,22)16-8-6-14(20)19-11-9-18(10-12-19)13-5-3-4-7-15-13/h3-5,7,16H,6,8-12H2,1-2H3. The minimum Gasteiger partial charge on any atom is -0.353 e. The summed E-state index contributed by atoms with van der Waals surface area (Å²) in [4.78, 5) is 20.4. The van der Waals surface area contributed by atoms with E-state index >= 15 is 0 Å². The Hall–Kier alpha value is -1.71. The predicted molar refractivity (Wildman–Crippen MR) is 88.3 cm³/mol. The second kappa shape index (κ2) is 7.71. The average molecular weight is 341 g/mol. The van der Waals surface area contributed by atoms with Crippen LogP contribution in [0, 0.1) is 0 Å². The van der Waals surface area contributed by atoms with E-state index < -0.39 is 10.2 Å². The first kappa shape index (κ1) is 17.6. The third kappa shape index (κ3) is 4.88. The van der Waals surface area contributed by atoms with Crippen molar-refractivity contribution in [3.05, 3.63) is 24.4 Å². The van der Waals surface area contributed by atoms with Gasteiger partial charge >= 0.3 is 0 Å². The Bertz CT molecular complexity index is 613. The fourth-order valence-electron chi connectivity index (χ4n) is 2.30. The van der Waals surface area contributed by atoms with Gasteiger partial charge in [-0.2, -0.15) is 12.7 Å². The molecule has 0 radical (unpaired) electrons. The van der Waals surface area contributed by atoms with Crippen molar-refractivity contribution in [1.29, 1.82) is 0 Å². The number of hydrogen-bond acceptors (Lipinski definition) is 5. The van der Waals surface area contributed by atoms with Gasteiger partial charge < -0.3 is 9.80 Å². The molecule has 1 aliphatic rings. The Balaban J connectivity index is 1.76. The number of hydrogen-bond donors (Lipinski definition) is 1. The molecule has 8 nitrogen and oxygen atoms in total. The minimum atomic E-state index is -3.47. The van der Waals surface area contributed by atoms with Crippen LogP contribution in [-0.4, -0.2) is 75.3 Å². The topological polar surface area (TPSA) is 85.8 Å². The van der Waals surface area contributed by atoms with Crippen LogP contribution >= 0.6 is 0 Å². The van der Waals surface area contributed by atoms with Crippen molar-refractivity contribution in [2.24, 2.45) is 0 Å². The lowest BCUT2D eigenvalue weighted by Crippen LogP contribution is -2.49. The second-order valence-corrected chi connectivity index (χ2v) is 7.46. The van der Waals surface area contributed by atoms with E-state index in [2.05, 4.69) is 14.6 Å². The molecule has 2 heterocycles. The van der Waals surface area contributed by atoms with Crippen LogP contribution in [0.1, 0.15) is 6.42 Å². The first-order chi connectivity index (χ1) is 10.9. The van der Waals surface area contributed by atoms with E-state index in [0.29, 0.717) is 13.1 Å². The van der Waals surface area contributed by atoms with Crippen molar-refractivity contribution in [2.45, 2.75) is 6.42 Å². The van der Waals surface area contributed by atoms with E-state index in [1.165, 1.54) is 14.1 Å². The van der Waals surface area contributed by atoms with Gasteiger partial charge in [-0.15, -0.1) is 0 Å². The molecular weight excluding hydrogens is 318 g/mol. The van der Waals surface area contributed by atoms with Crippen molar-refractivity contribution in [2.75, 3.05) is 51.7 Å². The van der Waals surface area contributed by atoms with Gasteiger partial charge in [0.2, 0.25) is 5.91 Å². The number of pyridine rings is 1. The van der Waals surface area contributed by atoms with Crippen LogP contribution < -0.4 is 9.62 Å². The molecule has 1 amide bonds. The molecule has 0 spiro atoms. The summed E-state index contributed by atoms with van der Waals surface area (Å²) in [6.45, 7) is 2.81. The van der Waals surface area contributed by atoms with Crippen LogP contribution in [0.5, 0.6) is 0 Å². The van der Waals surface area contributed by atoms with E-state index in [4.69, 9.17) is 0 Å². The summed E-state index contributed by atoms with van der Waals surface area (Å²) in [5.74, 6) is 0.880. The molecule has 1 aromatic heterocycles. The minimum absolute atomic E-state index is 0.0351. The van der Waals surface area contributed by atoms with Gasteiger partial charge in [0.1, 0.15) is 5.82 Å². The summed E-state index contributed by atoms with van der Waals surface area (Å²) < 4.78 is 26.6. The highest BCUT2D eigenvalue weighted by Crippen LogP contribution is 2.12. The summed E-state index contributed by atoms with van der Waals surface area (Å²) in [5, 5.41) is 0. The predicted octanol–water partition coefficient (Wildman–Crippen LogP) is -0.484. The van der Waals surface area contributed by atoms with Crippen LogP contribution in [-0.2, 0) is 15.0 Å². The Morgan fingerprint density at radius 1 is 1.26 bits per heavy atom. The molecule has 1 aromatic rings. The van der Waals surface area contributed by atoms with Crippen LogP contribution in [0.25, 0.3) is 0 Å². The van der Waals surface area contributed by atoms with Gasteiger partial charge in [0.05, 0.1) is 0 Å². The van der Waals surface area contributed by atoms with E-state index in [0.717, 1.165) is 23.2 Å². The van der Waals surface area contributed by atoms with Crippen molar-refractivity contribution in [3.63, 3.8) is 0 Å². The summed E-state index contributed by atoms with van der Waals surface area (Å²) in [6, 6.07) is 5.77. The summed E-state index contributed by atoms with van der Waals surface area (Å²) in [6.07, 6.45) is 1.92. The maximum atomic E-state index is 12.1. The van der Waals surface area contributed by atoms with Gasteiger partial charge in [0.15, 0.2) is 0 Å². The first-order valence-electron chi connectivity index (χ1n) is 7.51. The van der Waals surface area contributed by atoms with Crippen molar-refractivity contribution in [3.8, 4) is 0 Å². The molecule has 23 heavy (non-hydrogen) atoms. The highest BCUT2D eigenvalue weighted by molar-refractivity contribution is 7.87. The van der Waals surface area contributed by atoms with Crippen molar-refractivity contribution >= 4 is 21.9 Å². The molecular formula is C14H23N5O3S. The highest BCUT2D eigenvalue weighted by atomic mass is 32.2. The Kier molecular flexibility index (Phi) is 5.91. The molecule has 1 aliphatic heterocycles. The lowest BCUT2D eigenvalue weighted by atomic mass is 10.2. The molecule has 1 fully saturated rings. The van der Waals surface area contributed by atoms with Crippen LogP contribution in [0.4, 0.5) is 5.82 Å². The number of aromatic nitrogens is 1. The molecule has 2 rings (SSSR count). The number of anilines is 1. The Morgan fingerprint density at radius 3 is 2.52 bits per heavy atom. The first-order valence-corrected chi connectivity index (χ1v) is 8.95. The highest BCUT2D eigenvalue weighted by Gasteiger charge is 2.22. The zero-order chi connectivity index (χ0) is 16.9. The van der Waals surface area contributed by atoms with E-state index in [1.54, 1.807) is 11.1 Å². The number of carbonyl (C=O) groups excluding carboxylic acids is 1. The van der Waals surface area contributed by atoms with Gasteiger partial charge in [0, 0.05) is 59.4 Å². The van der Waals surface area contributed by atoms with E-state index in [9.17, 15) is 13.2 Å². The van der Waals surface area contributed by atoms with Crippen LogP contribution in [0.2, 0.25) is 0 Å². The van der Waals surface area contributed by atoms with Gasteiger partial charge in [-0.05, 0) is 12.1 Å². The molecule has 0 atom stereocenters. The largest absolute Gasteiger partial charge is 0.353 e. The molecule has 0 aromatic carbocycles. The lowest BCUT2D eigenvalue weighted by Gasteiger charge is -2.35. The number of carbonyl (C=O) groups is 1. The fraction of sp³-hybridized carbons (Fsp3) is 0.571. The third-order valence-corrected chi connectivity index (χ3v) is 5.24. The second-order valence-electron chi connectivity index (χ2n) is 5.49. The molecule has 128 valence electrons. The molecule has 0 unspecified atom stereocenters. The maximum absolute atomic E-state index is 12.1. The van der Waals surface area contributed by atoms with Crippen molar-refractivity contribution in [1.82, 2.24) is 18.9 Å². The van der Waals surface area contributed by atoms with E-state index in [-0.39, 0.29) is 18.9 Å². The number of nitrogens with zero attached hydrogens (tertiary/aromatic N) is 4. The van der Waals surface area contributed by atoms with Gasteiger partial charge in [-0.3, -0.25) is 4.79 Å². The van der Waals surface area contributed by atoms with Crippen molar-refractivity contribution < 1.29 is 13.2 Å². The van der Waals surface area contributed by atoms with Crippen LogP contribution in [0.15, 0.2) is 24.4 Å². The Labute approximate surface area is 137 Å². The molecule has 0 aliphatic carbocycles. The van der Waals surface area contributed by atoms with E-state index in [1.807, 2.05) is 18.2 Å². The number of rotatable bonds is 6. The van der Waals surface area contributed by atoms with Gasteiger partial charge in [-0.25, -0.2) is 9.71 Å². The summed E-state index contributed by atoms with van der Waals surface area (Å²) in [7, 11) is -0.582. The average Bonchev–Trinajstić information content (AvgIpc) is 2.55. The maximum Gasteiger partial charge on any atom is 0.278 e. The number of nitrogens with one attached hydrogen (secondary N) is 1. The fourth-order valence-corrected chi connectivity index (χ4v) is 2.92. The summed E-state index contributed by atoms with van der Waals surface area (Å²) >= 11 is 0. The SMILES string of the molecule is CN(C)S(=O)(=O)NCCC(=O)N1CCN(c2ccccn2)CC1. The quantitative estimate of drug-likeness (QED) is 0.755. The normalized spacial score (nSPS) is 16.0. The lowest BCUT2D eigenvalue weighted by molar-refractivity contribution is -0.131. The van der Waals surface area contributed by atoms with Gasteiger partial charge in [-0.1, -0.05) is 6.07 Å². The number of piperazine rings is 1. The van der Waals surface area contributed by atoms with Crippen LogP contribution in [0.3, 0.4) is 0 Å². The molecule has 0 saturated carbocycles. The Morgan fingerprint density at radius 2 is 1.96 bits per heavy atom. The molecule has 1 N–H and O–H groups in total. The zero-order valence-corrected chi connectivity index (χ0v) is 14.3. The van der Waals surface area contributed by atoms with Gasteiger partial charge in [0.25, 0.3) is 10.2 Å². The molecule has 1 saturated heterocycles. The smallest absolute Gasteiger partial charge is 0.278 e.